The van der Waals surface area contributed by atoms with Crippen molar-refractivity contribution in [2.24, 2.45) is 0 Å². The Labute approximate surface area is 116 Å². The van der Waals surface area contributed by atoms with Gasteiger partial charge in [0.2, 0.25) is 5.95 Å². The van der Waals surface area contributed by atoms with Gasteiger partial charge in [0.25, 0.3) is 5.91 Å². The largest absolute Gasteiger partial charge is 0.347 e. The van der Waals surface area contributed by atoms with Crippen LogP contribution in [0.25, 0.3) is 0 Å². The number of carbonyl (C=O) groups excluding carboxylic acids is 1. The van der Waals surface area contributed by atoms with Gasteiger partial charge in [0.1, 0.15) is 0 Å². The minimum absolute atomic E-state index is 0.0976. The highest BCUT2D eigenvalue weighted by Crippen LogP contribution is 2.15. The van der Waals surface area contributed by atoms with Gasteiger partial charge in [-0.3, -0.25) is 9.89 Å². The van der Waals surface area contributed by atoms with E-state index in [1.165, 1.54) is 6.20 Å². The number of carbonyl (C=O) groups is 1. The fourth-order valence-corrected chi connectivity index (χ4v) is 2.37. The molecule has 1 amide bonds. The first-order chi connectivity index (χ1) is 9.83. The summed E-state index contributed by atoms with van der Waals surface area (Å²) in [5, 5.41) is 9.45. The minimum atomic E-state index is -0.0976. The lowest BCUT2D eigenvalue weighted by molar-refractivity contribution is 0.0933. The van der Waals surface area contributed by atoms with Gasteiger partial charge in [0, 0.05) is 37.7 Å². The van der Waals surface area contributed by atoms with Crippen molar-refractivity contribution >= 4 is 11.9 Å². The van der Waals surface area contributed by atoms with E-state index in [-0.39, 0.29) is 11.9 Å². The van der Waals surface area contributed by atoms with Crippen molar-refractivity contribution in [2.75, 3.05) is 18.0 Å². The van der Waals surface area contributed by atoms with Gasteiger partial charge in [-0.2, -0.15) is 5.10 Å². The monoisotopic (exact) mass is 272 g/mol. The normalized spacial score (nSPS) is 18.8. The van der Waals surface area contributed by atoms with E-state index < -0.39 is 0 Å². The quantitative estimate of drug-likeness (QED) is 0.854. The molecule has 2 aromatic heterocycles. The number of hydrogen-bond donors (Lipinski definition) is 2. The fourth-order valence-electron chi connectivity index (χ4n) is 2.37. The molecule has 1 aliphatic rings. The zero-order valence-corrected chi connectivity index (χ0v) is 11.0. The lowest BCUT2D eigenvalue weighted by Crippen LogP contribution is -2.48. The van der Waals surface area contributed by atoms with Crippen LogP contribution in [0.1, 0.15) is 23.2 Å². The number of anilines is 1. The van der Waals surface area contributed by atoms with E-state index in [9.17, 15) is 4.79 Å². The number of H-pyrrole nitrogens is 1. The predicted octanol–water partition coefficient (Wildman–Crippen LogP) is 0.598. The molecule has 7 heteroatoms. The highest BCUT2D eigenvalue weighted by Gasteiger charge is 2.23. The zero-order chi connectivity index (χ0) is 13.8. The molecule has 0 radical (unpaired) electrons. The Balaban J connectivity index is 1.62. The Bertz CT molecular complexity index is 556. The first-order valence-corrected chi connectivity index (χ1v) is 6.64. The van der Waals surface area contributed by atoms with Crippen LogP contribution in [-0.2, 0) is 0 Å². The lowest BCUT2D eigenvalue weighted by Gasteiger charge is -2.32. The molecule has 1 aliphatic heterocycles. The van der Waals surface area contributed by atoms with Gasteiger partial charge in [0.05, 0.1) is 11.8 Å². The van der Waals surface area contributed by atoms with Crippen LogP contribution in [0.15, 0.2) is 30.9 Å². The Morgan fingerprint density at radius 3 is 3.00 bits per heavy atom. The molecule has 0 bridgehead atoms. The molecule has 2 aromatic rings. The first kappa shape index (κ1) is 12.6. The van der Waals surface area contributed by atoms with Gasteiger partial charge < -0.3 is 10.2 Å². The molecule has 0 aromatic carbocycles. The Morgan fingerprint density at radius 2 is 2.25 bits per heavy atom. The number of nitrogens with one attached hydrogen (secondary N) is 2. The van der Waals surface area contributed by atoms with Gasteiger partial charge in [-0.1, -0.05) is 0 Å². The maximum Gasteiger partial charge on any atom is 0.254 e. The molecule has 1 atom stereocenters. The Hall–Kier alpha value is -2.44. The molecule has 3 heterocycles. The second kappa shape index (κ2) is 5.68. The standard InChI is InChI=1S/C13H16N6O/c20-12(10-7-16-17-8-10)18-11-3-1-6-19(9-11)13-14-4-2-5-15-13/h2,4-5,7-8,11H,1,3,6,9H2,(H,16,17)(H,18,20)/t11-/m1/s1. The average molecular weight is 272 g/mol. The van der Waals surface area contributed by atoms with E-state index in [1.54, 1.807) is 24.7 Å². The SMILES string of the molecule is O=C(N[C@@H]1CCCN(c2ncccn2)C1)c1cn[nH]c1. The second-order valence-electron chi connectivity index (χ2n) is 4.79. The molecule has 1 saturated heterocycles. The summed E-state index contributed by atoms with van der Waals surface area (Å²) in [5.41, 5.74) is 0.554. The summed E-state index contributed by atoms with van der Waals surface area (Å²) in [6.45, 7) is 1.65. The van der Waals surface area contributed by atoms with E-state index in [0.717, 1.165) is 31.9 Å². The summed E-state index contributed by atoms with van der Waals surface area (Å²) < 4.78 is 0. The number of piperidine rings is 1. The van der Waals surface area contributed by atoms with Crippen LogP contribution in [-0.4, -0.2) is 45.2 Å². The van der Waals surface area contributed by atoms with E-state index in [2.05, 4.69) is 30.4 Å². The molecule has 0 saturated carbocycles. The van der Waals surface area contributed by atoms with Crippen molar-refractivity contribution in [3.05, 3.63) is 36.4 Å². The summed E-state index contributed by atoms with van der Waals surface area (Å²) in [6, 6.07) is 1.90. The van der Waals surface area contributed by atoms with Crippen molar-refractivity contribution in [1.82, 2.24) is 25.5 Å². The molecule has 7 nitrogen and oxygen atoms in total. The molecule has 104 valence electrons. The number of aromatic nitrogens is 4. The lowest BCUT2D eigenvalue weighted by atomic mass is 10.1. The summed E-state index contributed by atoms with van der Waals surface area (Å²) in [4.78, 5) is 22.6. The predicted molar refractivity (Wildman–Crippen MR) is 73.3 cm³/mol. The molecule has 0 spiro atoms. The maximum atomic E-state index is 12.0. The zero-order valence-electron chi connectivity index (χ0n) is 11.0. The molecule has 0 aliphatic carbocycles. The van der Waals surface area contributed by atoms with Crippen molar-refractivity contribution in [2.45, 2.75) is 18.9 Å². The summed E-state index contributed by atoms with van der Waals surface area (Å²) in [5.74, 6) is 0.620. The summed E-state index contributed by atoms with van der Waals surface area (Å²) >= 11 is 0. The third kappa shape index (κ3) is 2.76. The third-order valence-corrected chi connectivity index (χ3v) is 3.35. The number of amides is 1. The van der Waals surface area contributed by atoms with Crippen molar-refractivity contribution in [1.29, 1.82) is 0 Å². The van der Waals surface area contributed by atoms with Crippen molar-refractivity contribution < 1.29 is 4.79 Å². The van der Waals surface area contributed by atoms with E-state index in [4.69, 9.17) is 0 Å². The smallest absolute Gasteiger partial charge is 0.254 e. The summed E-state index contributed by atoms with van der Waals surface area (Å²) in [6.07, 6.45) is 8.56. The van der Waals surface area contributed by atoms with E-state index in [0.29, 0.717) is 5.56 Å². The van der Waals surface area contributed by atoms with Crippen LogP contribution in [0, 0.1) is 0 Å². The molecule has 3 rings (SSSR count). The topological polar surface area (TPSA) is 86.8 Å². The number of rotatable bonds is 3. The van der Waals surface area contributed by atoms with Crippen LogP contribution < -0.4 is 10.2 Å². The number of aromatic amines is 1. The molecular formula is C13H16N6O. The Kier molecular flexibility index (Phi) is 3.58. The molecule has 0 unspecified atom stereocenters. The highest BCUT2D eigenvalue weighted by atomic mass is 16.1. The van der Waals surface area contributed by atoms with Gasteiger partial charge in [-0.05, 0) is 18.9 Å². The van der Waals surface area contributed by atoms with Crippen LogP contribution >= 0.6 is 0 Å². The van der Waals surface area contributed by atoms with Crippen molar-refractivity contribution in [3.8, 4) is 0 Å². The minimum Gasteiger partial charge on any atom is -0.347 e. The molecule has 20 heavy (non-hydrogen) atoms. The molecule has 1 fully saturated rings. The van der Waals surface area contributed by atoms with Crippen LogP contribution in [0.5, 0.6) is 0 Å². The average Bonchev–Trinajstić information content (AvgIpc) is 3.03. The summed E-state index contributed by atoms with van der Waals surface area (Å²) in [7, 11) is 0. The Morgan fingerprint density at radius 1 is 1.40 bits per heavy atom. The van der Waals surface area contributed by atoms with E-state index in [1.807, 2.05) is 0 Å². The molecule has 2 N–H and O–H groups in total. The molecular weight excluding hydrogens is 256 g/mol. The van der Waals surface area contributed by atoms with Crippen LogP contribution in [0.2, 0.25) is 0 Å². The van der Waals surface area contributed by atoms with Gasteiger partial charge >= 0.3 is 0 Å². The van der Waals surface area contributed by atoms with Gasteiger partial charge in [-0.25, -0.2) is 9.97 Å². The van der Waals surface area contributed by atoms with E-state index >= 15 is 0 Å². The van der Waals surface area contributed by atoms with Gasteiger partial charge in [-0.15, -0.1) is 0 Å². The van der Waals surface area contributed by atoms with Crippen LogP contribution in [0.3, 0.4) is 0 Å². The second-order valence-corrected chi connectivity index (χ2v) is 4.79. The number of hydrogen-bond acceptors (Lipinski definition) is 5. The first-order valence-electron chi connectivity index (χ1n) is 6.64. The van der Waals surface area contributed by atoms with Crippen molar-refractivity contribution in [3.63, 3.8) is 0 Å². The third-order valence-electron chi connectivity index (χ3n) is 3.35. The number of nitrogens with zero attached hydrogens (tertiary/aromatic N) is 4. The highest BCUT2D eigenvalue weighted by molar-refractivity contribution is 5.93. The van der Waals surface area contributed by atoms with Gasteiger partial charge in [0.15, 0.2) is 0 Å². The fraction of sp³-hybridized carbons (Fsp3) is 0.385. The maximum absolute atomic E-state index is 12.0. The van der Waals surface area contributed by atoms with Crippen LogP contribution in [0.4, 0.5) is 5.95 Å².